The summed E-state index contributed by atoms with van der Waals surface area (Å²) in [7, 11) is 2.86. The maximum absolute atomic E-state index is 12.4. The highest BCUT2D eigenvalue weighted by Crippen LogP contribution is 2.21. The van der Waals surface area contributed by atoms with Gasteiger partial charge in [-0.2, -0.15) is 0 Å². The number of carbonyl (C=O) groups excluding carboxylic acids is 2. The van der Waals surface area contributed by atoms with E-state index in [-0.39, 0.29) is 11.3 Å². The molecule has 0 fully saturated rings. The van der Waals surface area contributed by atoms with Crippen molar-refractivity contribution in [3.63, 3.8) is 0 Å². The Bertz CT molecular complexity index is 1100. The van der Waals surface area contributed by atoms with E-state index >= 15 is 0 Å². The molecule has 148 valence electrons. The molecule has 7 nitrogen and oxygen atoms in total. The lowest BCUT2D eigenvalue weighted by Crippen LogP contribution is -2.37. The van der Waals surface area contributed by atoms with Gasteiger partial charge in [0.25, 0.3) is 5.56 Å². The Morgan fingerprint density at radius 1 is 1.04 bits per heavy atom. The first-order valence-corrected chi connectivity index (χ1v) is 8.76. The van der Waals surface area contributed by atoms with E-state index in [1.807, 2.05) is 27.7 Å². The first-order chi connectivity index (χ1) is 13.0. The highest BCUT2D eigenvalue weighted by molar-refractivity contribution is 6.00. The smallest absolute Gasteiger partial charge is 0.331 e. The van der Waals surface area contributed by atoms with Crippen molar-refractivity contribution >= 4 is 17.8 Å². The van der Waals surface area contributed by atoms with Gasteiger partial charge in [-0.1, -0.05) is 0 Å². The first kappa shape index (κ1) is 21.1. The predicted molar refractivity (Wildman–Crippen MR) is 107 cm³/mol. The monoisotopic (exact) mass is 384 g/mol. The van der Waals surface area contributed by atoms with Crippen molar-refractivity contribution in [2.75, 3.05) is 6.61 Å². The number of nitrogens with zero attached hydrogens (tertiary/aromatic N) is 2. The van der Waals surface area contributed by atoms with Gasteiger partial charge in [-0.05, 0) is 62.1 Å². The molecule has 7 heteroatoms. The summed E-state index contributed by atoms with van der Waals surface area (Å²) in [4.78, 5) is 48.1. The standard InChI is InChI=1S/C21H24N2O5/c1-12-9-17(15(4)14(3)13(12)2)18(24)11-28-19(25)8-7-16-10-22(5)21(27)23(6)20(16)26/h7-10H,11H2,1-6H3. The van der Waals surface area contributed by atoms with Crippen LogP contribution in [0.3, 0.4) is 0 Å². The number of esters is 1. The van der Waals surface area contributed by atoms with Crippen molar-refractivity contribution in [2.45, 2.75) is 27.7 Å². The molecule has 28 heavy (non-hydrogen) atoms. The molecule has 1 heterocycles. The molecule has 2 aromatic rings. The minimum Gasteiger partial charge on any atom is -0.454 e. The summed E-state index contributed by atoms with van der Waals surface area (Å²) in [6.07, 6.45) is 3.66. The maximum Gasteiger partial charge on any atom is 0.331 e. The predicted octanol–water partition coefficient (Wildman–Crippen LogP) is 1.76. The van der Waals surface area contributed by atoms with Crippen LogP contribution < -0.4 is 11.2 Å². The van der Waals surface area contributed by atoms with Crippen LogP contribution in [0.2, 0.25) is 0 Å². The molecule has 1 aromatic heterocycles. The highest BCUT2D eigenvalue weighted by atomic mass is 16.5. The Balaban J connectivity index is 2.12. The van der Waals surface area contributed by atoms with Gasteiger partial charge >= 0.3 is 11.7 Å². The van der Waals surface area contributed by atoms with Crippen molar-refractivity contribution in [3.05, 3.63) is 72.6 Å². The second-order valence-electron chi connectivity index (χ2n) is 6.82. The summed E-state index contributed by atoms with van der Waals surface area (Å²) in [6, 6.07) is 1.80. The van der Waals surface area contributed by atoms with Crippen molar-refractivity contribution < 1.29 is 14.3 Å². The number of aromatic nitrogens is 2. The minimum atomic E-state index is -0.748. The lowest BCUT2D eigenvalue weighted by molar-refractivity contribution is -0.136. The molecular weight excluding hydrogens is 360 g/mol. The van der Waals surface area contributed by atoms with Gasteiger partial charge in [-0.25, -0.2) is 9.59 Å². The lowest BCUT2D eigenvalue weighted by atomic mass is 9.93. The molecule has 0 spiro atoms. The Morgan fingerprint density at radius 2 is 1.68 bits per heavy atom. The molecule has 0 aliphatic heterocycles. The number of rotatable bonds is 5. The summed E-state index contributed by atoms with van der Waals surface area (Å²) in [5.74, 6) is -1.04. The van der Waals surface area contributed by atoms with Crippen molar-refractivity contribution in [2.24, 2.45) is 14.1 Å². The number of aryl methyl sites for hydroxylation is 2. The van der Waals surface area contributed by atoms with Crippen molar-refractivity contribution in [3.8, 4) is 0 Å². The number of hydrogen-bond donors (Lipinski definition) is 0. The molecule has 0 aliphatic rings. The van der Waals surface area contributed by atoms with E-state index in [0.29, 0.717) is 5.56 Å². The molecule has 0 N–H and O–H groups in total. The molecule has 0 saturated heterocycles. The molecule has 1 aromatic carbocycles. The van der Waals surface area contributed by atoms with E-state index in [9.17, 15) is 19.2 Å². The number of ketones is 1. The summed E-state index contributed by atoms with van der Waals surface area (Å²) in [5, 5.41) is 0. The summed E-state index contributed by atoms with van der Waals surface area (Å²) < 4.78 is 7.20. The topological polar surface area (TPSA) is 87.4 Å². The van der Waals surface area contributed by atoms with Crippen molar-refractivity contribution in [1.82, 2.24) is 9.13 Å². The quantitative estimate of drug-likeness (QED) is 0.445. The number of carbonyl (C=O) groups is 2. The van der Waals surface area contributed by atoms with E-state index in [1.165, 1.54) is 30.9 Å². The van der Waals surface area contributed by atoms with E-state index in [1.54, 1.807) is 6.07 Å². The molecule has 0 bridgehead atoms. The van der Waals surface area contributed by atoms with Gasteiger partial charge in [0.05, 0.1) is 5.56 Å². The fourth-order valence-corrected chi connectivity index (χ4v) is 2.87. The Kier molecular flexibility index (Phi) is 6.18. The summed E-state index contributed by atoms with van der Waals surface area (Å²) >= 11 is 0. The van der Waals surface area contributed by atoms with Gasteiger partial charge in [0.15, 0.2) is 6.61 Å². The number of ether oxygens (including phenoxy) is 1. The molecular formula is C21H24N2O5. The maximum atomic E-state index is 12.4. The van der Waals surface area contributed by atoms with Crippen LogP contribution in [0.15, 0.2) is 27.9 Å². The molecule has 2 rings (SSSR count). The fraction of sp³-hybridized carbons (Fsp3) is 0.333. The van der Waals surface area contributed by atoms with Crippen LogP contribution in [0.5, 0.6) is 0 Å². The van der Waals surface area contributed by atoms with Crippen molar-refractivity contribution in [1.29, 1.82) is 0 Å². The Morgan fingerprint density at radius 3 is 2.32 bits per heavy atom. The average Bonchev–Trinajstić information content (AvgIpc) is 2.67. The van der Waals surface area contributed by atoms with Crippen LogP contribution >= 0.6 is 0 Å². The van der Waals surface area contributed by atoms with E-state index in [2.05, 4.69) is 0 Å². The normalized spacial score (nSPS) is 11.1. The van der Waals surface area contributed by atoms with Gasteiger partial charge < -0.3 is 9.30 Å². The second-order valence-corrected chi connectivity index (χ2v) is 6.82. The highest BCUT2D eigenvalue weighted by Gasteiger charge is 2.15. The average molecular weight is 384 g/mol. The molecule has 0 aliphatic carbocycles. The first-order valence-electron chi connectivity index (χ1n) is 8.76. The van der Waals surface area contributed by atoms with Crippen LogP contribution in [0.1, 0.15) is 38.2 Å². The fourth-order valence-electron chi connectivity index (χ4n) is 2.87. The number of benzene rings is 1. The van der Waals surface area contributed by atoms with Gasteiger partial charge in [0.2, 0.25) is 5.78 Å². The van der Waals surface area contributed by atoms with Crippen LogP contribution in [-0.4, -0.2) is 27.5 Å². The van der Waals surface area contributed by atoms with Gasteiger partial charge in [0, 0.05) is 31.9 Å². The third-order valence-electron chi connectivity index (χ3n) is 5.00. The van der Waals surface area contributed by atoms with Gasteiger partial charge in [-0.3, -0.25) is 14.2 Å². The Labute approximate surface area is 162 Å². The molecule has 0 amide bonds. The molecule has 0 radical (unpaired) electrons. The zero-order valence-corrected chi connectivity index (χ0v) is 17.0. The van der Waals surface area contributed by atoms with Crippen LogP contribution in [-0.2, 0) is 23.6 Å². The van der Waals surface area contributed by atoms with E-state index < -0.39 is 23.8 Å². The molecule has 0 unspecified atom stereocenters. The SMILES string of the molecule is Cc1cc(C(=O)COC(=O)C=Cc2cn(C)c(=O)n(C)c2=O)c(C)c(C)c1C. The number of Topliss-reactive ketones (excluding diaryl/α,β-unsaturated/α-hetero) is 1. The Hall–Kier alpha value is -3.22. The molecule has 0 atom stereocenters. The molecule has 0 saturated carbocycles. The summed E-state index contributed by atoms with van der Waals surface area (Å²) in [6.45, 7) is 7.36. The van der Waals surface area contributed by atoms with Crippen LogP contribution in [0, 0.1) is 27.7 Å². The van der Waals surface area contributed by atoms with Gasteiger partial charge in [0.1, 0.15) is 0 Å². The largest absolute Gasteiger partial charge is 0.454 e. The van der Waals surface area contributed by atoms with E-state index in [0.717, 1.165) is 32.9 Å². The third kappa shape index (κ3) is 4.19. The zero-order valence-electron chi connectivity index (χ0n) is 17.0. The summed E-state index contributed by atoms with van der Waals surface area (Å²) in [5.41, 5.74) is 3.75. The van der Waals surface area contributed by atoms with E-state index in [4.69, 9.17) is 4.74 Å². The lowest BCUT2D eigenvalue weighted by Gasteiger charge is -2.13. The second kappa shape index (κ2) is 8.21. The van der Waals surface area contributed by atoms with Crippen LogP contribution in [0.4, 0.5) is 0 Å². The van der Waals surface area contributed by atoms with Crippen LogP contribution in [0.25, 0.3) is 6.08 Å². The zero-order chi connectivity index (χ0) is 21.2. The minimum absolute atomic E-state index is 0.161. The van der Waals surface area contributed by atoms with Gasteiger partial charge in [-0.15, -0.1) is 0 Å². The third-order valence-corrected chi connectivity index (χ3v) is 5.00. The number of hydrogen-bond acceptors (Lipinski definition) is 5.